The molecular formula is C24H25FO3S. The number of carboxylic acid groups (broad SMARTS) is 1. The average Bonchev–Trinajstić information content (AvgIpc) is 3.07. The minimum atomic E-state index is -0.787. The smallest absolute Gasteiger partial charge is 0.303 e. The van der Waals surface area contributed by atoms with Gasteiger partial charge in [0.15, 0.2) is 0 Å². The van der Waals surface area contributed by atoms with Gasteiger partial charge in [-0.15, -0.1) is 11.3 Å². The molecule has 0 saturated carbocycles. The van der Waals surface area contributed by atoms with Gasteiger partial charge in [-0.3, -0.25) is 4.79 Å². The molecule has 2 aromatic carbocycles. The molecule has 1 N–H and O–H groups in total. The molecular weight excluding hydrogens is 387 g/mol. The number of benzene rings is 2. The molecule has 0 aliphatic carbocycles. The van der Waals surface area contributed by atoms with E-state index in [9.17, 15) is 9.18 Å². The monoisotopic (exact) mass is 412 g/mol. The van der Waals surface area contributed by atoms with E-state index in [1.54, 1.807) is 23.5 Å². The van der Waals surface area contributed by atoms with Crippen LogP contribution in [0.5, 0.6) is 5.75 Å². The van der Waals surface area contributed by atoms with E-state index in [0.29, 0.717) is 13.0 Å². The Morgan fingerprint density at radius 2 is 1.83 bits per heavy atom. The van der Waals surface area contributed by atoms with Gasteiger partial charge in [-0.05, 0) is 72.9 Å². The number of halogens is 1. The van der Waals surface area contributed by atoms with Crippen LogP contribution in [-0.4, -0.2) is 17.7 Å². The summed E-state index contributed by atoms with van der Waals surface area (Å²) in [5, 5.41) is 8.84. The summed E-state index contributed by atoms with van der Waals surface area (Å²) in [5.74, 6) is 0.000695. The summed E-state index contributed by atoms with van der Waals surface area (Å²) in [6.07, 6.45) is 0.657. The van der Waals surface area contributed by atoms with Crippen LogP contribution >= 0.6 is 11.3 Å². The van der Waals surface area contributed by atoms with Crippen molar-refractivity contribution in [3.63, 3.8) is 0 Å². The minimum Gasteiger partial charge on any atom is -0.493 e. The molecule has 0 saturated heterocycles. The van der Waals surface area contributed by atoms with E-state index in [2.05, 4.69) is 19.9 Å². The van der Waals surface area contributed by atoms with Crippen molar-refractivity contribution in [2.24, 2.45) is 0 Å². The quantitative estimate of drug-likeness (QED) is 0.467. The maximum Gasteiger partial charge on any atom is 0.303 e. The van der Waals surface area contributed by atoms with Crippen molar-refractivity contribution in [3.8, 4) is 16.2 Å². The molecule has 3 aromatic rings. The first-order valence-corrected chi connectivity index (χ1v) is 10.5. The molecule has 5 heteroatoms. The lowest BCUT2D eigenvalue weighted by Crippen LogP contribution is -2.07. The number of aryl methyl sites for hydroxylation is 3. The molecule has 1 heterocycles. The Labute approximate surface area is 174 Å². The number of thiophene rings is 1. The highest BCUT2D eigenvalue weighted by molar-refractivity contribution is 7.15. The van der Waals surface area contributed by atoms with Gasteiger partial charge in [-0.25, -0.2) is 4.39 Å². The normalized spacial score (nSPS) is 12.0. The Balaban J connectivity index is 1.65. The molecule has 3 nitrogen and oxygen atoms in total. The fourth-order valence-corrected chi connectivity index (χ4v) is 4.53. The second-order valence-corrected chi connectivity index (χ2v) is 8.44. The number of aliphatic carboxylic acids is 1. The largest absolute Gasteiger partial charge is 0.493 e. The van der Waals surface area contributed by atoms with Gasteiger partial charge in [0.2, 0.25) is 0 Å². The van der Waals surface area contributed by atoms with E-state index < -0.39 is 5.97 Å². The van der Waals surface area contributed by atoms with Crippen molar-refractivity contribution >= 4 is 17.3 Å². The van der Waals surface area contributed by atoms with Crippen LogP contribution < -0.4 is 4.74 Å². The summed E-state index contributed by atoms with van der Waals surface area (Å²) in [6.45, 7) is 6.77. The topological polar surface area (TPSA) is 46.5 Å². The number of rotatable bonds is 8. The number of carbonyl (C=O) groups is 1. The summed E-state index contributed by atoms with van der Waals surface area (Å²) in [7, 11) is 0. The fourth-order valence-electron chi connectivity index (χ4n) is 3.32. The lowest BCUT2D eigenvalue weighted by atomic mass is 10.0. The van der Waals surface area contributed by atoms with E-state index >= 15 is 0 Å². The maximum absolute atomic E-state index is 13.2. The molecule has 0 aliphatic rings. The highest BCUT2D eigenvalue weighted by atomic mass is 32.1. The van der Waals surface area contributed by atoms with Gasteiger partial charge in [0.1, 0.15) is 11.6 Å². The molecule has 0 bridgehead atoms. The van der Waals surface area contributed by atoms with E-state index in [1.807, 2.05) is 25.1 Å². The predicted octanol–water partition coefficient (Wildman–Crippen LogP) is 6.37. The Bertz CT molecular complexity index is 992. The third-order valence-electron chi connectivity index (χ3n) is 4.95. The zero-order valence-electron chi connectivity index (χ0n) is 16.9. The molecule has 0 fully saturated rings. The Morgan fingerprint density at radius 3 is 2.48 bits per heavy atom. The van der Waals surface area contributed by atoms with Gasteiger partial charge in [-0.2, -0.15) is 0 Å². The third-order valence-corrected chi connectivity index (χ3v) is 6.47. The molecule has 0 radical (unpaired) electrons. The molecule has 29 heavy (non-hydrogen) atoms. The van der Waals surface area contributed by atoms with Crippen LogP contribution in [0.2, 0.25) is 0 Å². The van der Waals surface area contributed by atoms with Crippen LogP contribution in [0.15, 0.2) is 48.5 Å². The second-order valence-electron chi connectivity index (χ2n) is 7.36. The Morgan fingerprint density at radius 1 is 1.10 bits per heavy atom. The summed E-state index contributed by atoms with van der Waals surface area (Å²) in [6, 6.07) is 14.5. The van der Waals surface area contributed by atoms with Gasteiger partial charge < -0.3 is 9.84 Å². The van der Waals surface area contributed by atoms with Gasteiger partial charge >= 0.3 is 5.97 Å². The molecule has 152 valence electrons. The van der Waals surface area contributed by atoms with Crippen molar-refractivity contribution in [3.05, 3.63) is 75.9 Å². The zero-order chi connectivity index (χ0) is 21.0. The predicted molar refractivity (Wildman–Crippen MR) is 115 cm³/mol. The lowest BCUT2D eigenvalue weighted by molar-refractivity contribution is -0.136. The lowest BCUT2D eigenvalue weighted by Gasteiger charge is -2.14. The van der Waals surface area contributed by atoms with Crippen LogP contribution in [0, 0.1) is 19.7 Å². The van der Waals surface area contributed by atoms with Crippen molar-refractivity contribution in [2.45, 2.75) is 39.5 Å². The molecule has 3 rings (SSSR count). The van der Waals surface area contributed by atoms with Crippen molar-refractivity contribution in [2.75, 3.05) is 6.61 Å². The van der Waals surface area contributed by atoms with E-state index in [-0.39, 0.29) is 18.2 Å². The maximum atomic E-state index is 13.2. The first kappa shape index (κ1) is 21.1. The van der Waals surface area contributed by atoms with Gasteiger partial charge in [0, 0.05) is 22.1 Å². The van der Waals surface area contributed by atoms with Crippen molar-refractivity contribution in [1.29, 1.82) is 0 Å². The van der Waals surface area contributed by atoms with Crippen LogP contribution in [0.3, 0.4) is 0 Å². The first-order chi connectivity index (χ1) is 13.8. The SMILES string of the molecule is Cc1cc(OC[C@@H](C)c2sc(-c3ccc(F)cc3)cc2C)ccc1CCC(=O)O. The van der Waals surface area contributed by atoms with Crippen LogP contribution in [-0.2, 0) is 11.2 Å². The van der Waals surface area contributed by atoms with Crippen molar-refractivity contribution in [1.82, 2.24) is 0 Å². The summed E-state index contributed by atoms with van der Waals surface area (Å²) in [4.78, 5) is 13.1. The highest BCUT2D eigenvalue weighted by Gasteiger charge is 2.15. The third kappa shape index (κ3) is 5.45. The highest BCUT2D eigenvalue weighted by Crippen LogP contribution is 2.36. The molecule has 0 aliphatic heterocycles. The second kappa shape index (κ2) is 9.23. The molecule has 0 unspecified atom stereocenters. The van der Waals surface area contributed by atoms with Crippen LogP contribution in [0.1, 0.15) is 40.8 Å². The first-order valence-electron chi connectivity index (χ1n) is 9.64. The summed E-state index contributed by atoms with van der Waals surface area (Å²) >= 11 is 1.72. The van der Waals surface area contributed by atoms with Crippen molar-refractivity contribution < 1.29 is 19.0 Å². The molecule has 1 atom stereocenters. The standard InChI is InChI=1S/C24H25FO3S/c1-15-12-21(10-6-18(15)7-11-23(26)27)28-14-17(3)24-16(2)13-22(29-24)19-4-8-20(25)9-5-19/h4-6,8-10,12-13,17H,7,11,14H2,1-3H3,(H,26,27)/t17-/m1/s1. The minimum absolute atomic E-state index is 0.131. The average molecular weight is 413 g/mol. The zero-order valence-corrected chi connectivity index (χ0v) is 17.7. The van der Waals surface area contributed by atoms with Crippen LogP contribution in [0.25, 0.3) is 10.4 Å². The van der Waals surface area contributed by atoms with Gasteiger partial charge in [-0.1, -0.05) is 25.1 Å². The number of carboxylic acids is 1. The molecule has 0 amide bonds. The van der Waals surface area contributed by atoms with Gasteiger partial charge in [0.25, 0.3) is 0 Å². The Kier molecular flexibility index (Phi) is 6.70. The van der Waals surface area contributed by atoms with E-state index in [0.717, 1.165) is 27.3 Å². The summed E-state index contributed by atoms with van der Waals surface area (Å²) < 4.78 is 19.2. The Hall–Kier alpha value is -2.66. The number of ether oxygens (including phenoxy) is 1. The van der Waals surface area contributed by atoms with E-state index in [1.165, 1.54) is 22.6 Å². The van der Waals surface area contributed by atoms with Crippen LogP contribution in [0.4, 0.5) is 4.39 Å². The molecule has 1 aromatic heterocycles. The number of hydrogen-bond acceptors (Lipinski definition) is 3. The van der Waals surface area contributed by atoms with E-state index in [4.69, 9.17) is 9.84 Å². The number of hydrogen-bond donors (Lipinski definition) is 1. The fraction of sp³-hybridized carbons (Fsp3) is 0.292. The molecule has 0 spiro atoms. The summed E-state index contributed by atoms with van der Waals surface area (Å²) in [5.41, 5.74) is 4.31. The van der Waals surface area contributed by atoms with Gasteiger partial charge in [0.05, 0.1) is 6.61 Å².